The zero-order chi connectivity index (χ0) is 26.0. The highest BCUT2D eigenvalue weighted by Gasteiger charge is 2.86. The van der Waals surface area contributed by atoms with Crippen molar-refractivity contribution in [2.24, 2.45) is 5.41 Å². The zero-order valence-corrected chi connectivity index (χ0v) is 22.0. The molecule has 0 N–H and O–H groups in total. The van der Waals surface area contributed by atoms with Crippen molar-refractivity contribution in [3.05, 3.63) is 71.8 Å². The highest BCUT2D eigenvalue weighted by Crippen LogP contribution is 2.67. The van der Waals surface area contributed by atoms with E-state index in [1.165, 1.54) is 25.2 Å². The van der Waals surface area contributed by atoms with Gasteiger partial charge in [0.2, 0.25) is 5.91 Å². The zero-order valence-electron chi connectivity index (χ0n) is 21.2. The topological polar surface area (TPSA) is 90.0 Å². The maximum absolute atomic E-state index is 13.8. The van der Waals surface area contributed by atoms with Crippen molar-refractivity contribution in [2.45, 2.75) is 86.8 Å². The summed E-state index contributed by atoms with van der Waals surface area (Å²) < 4.78 is 38.4. The van der Waals surface area contributed by atoms with Gasteiger partial charge < -0.3 is 14.4 Å². The minimum atomic E-state index is -3.85. The first-order valence-corrected chi connectivity index (χ1v) is 14.8. The second-order valence-corrected chi connectivity index (χ2v) is 14.0. The van der Waals surface area contributed by atoms with E-state index in [1.54, 1.807) is 0 Å². The molecule has 0 unspecified atom stereocenters. The third-order valence-electron chi connectivity index (χ3n) is 8.80. The first kappa shape index (κ1) is 24.6. The van der Waals surface area contributed by atoms with E-state index in [-0.39, 0.29) is 12.0 Å². The van der Waals surface area contributed by atoms with Crippen LogP contribution in [-0.4, -0.2) is 53.6 Å². The van der Waals surface area contributed by atoms with Gasteiger partial charge in [-0.3, -0.25) is 4.79 Å². The molecule has 1 amide bonds. The largest absolute Gasteiger partial charge is 0.451 e. The third-order valence-corrected chi connectivity index (χ3v) is 11.7. The Morgan fingerprint density at radius 1 is 0.946 bits per heavy atom. The van der Waals surface area contributed by atoms with Gasteiger partial charge in [0.25, 0.3) is 0 Å². The lowest BCUT2D eigenvalue weighted by atomic mass is 9.88. The summed E-state index contributed by atoms with van der Waals surface area (Å²) in [6, 6.07) is 17.5. The molecule has 2 saturated carbocycles. The van der Waals surface area contributed by atoms with Crippen LogP contribution in [0.25, 0.3) is 0 Å². The quantitative estimate of drug-likeness (QED) is 0.417. The molecule has 1 spiro atoms. The van der Waals surface area contributed by atoms with Crippen molar-refractivity contribution >= 4 is 21.7 Å². The van der Waals surface area contributed by atoms with Gasteiger partial charge >= 0.3 is 5.97 Å². The molecule has 4 atom stereocenters. The molecule has 7 nitrogen and oxygen atoms in total. The molecule has 6 rings (SSSR count). The molecule has 2 aromatic carbocycles. The van der Waals surface area contributed by atoms with E-state index in [2.05, 4.69) is 0 Å². The van der Waals surface area contributed by atoms with Gasteiger partial charge in [0, 0.05) is 0 Å². The maximum Gasteiger partial charge on any atom is 0.331 e. The molecule has 0 aromatic heterocycles. The van der Waals surface area contributed by atoms with Crippen molar-refractivity contribution < 1.29 is 27.5 Å². The Bertz CT molecular complexity index is 1260. The molecule has 2 aliphatic carbocycles. The Morgan fingerprint density at radius 2 is 1.51 bits per heavy atom. The van der Waals surface area contributed by atoms with Gasteiger partial charge in [-0.25, -0.2) is 13.2 Å². The van der Waals surface area contributed by atoms with E-state index in [4.69, 9.17) is 9.47 Å². The summed E-state index contributed by atoms with van der Waals surface area (Å²) in [7, 11) is -3.85. The molecule has 2 saturated heterocycles. The standard InChI is InChI=1S/C29H33NO6S/c1-28(2)24(25(31)36-23(19-12-6-3-7-13-19)20-14-8-4-9-15-20)30-26(32)29(27(30)37(28,33)34)18-22(29)35-21-16-10-5-11-17-21/h3-4,6-9,12-15,21-24,27H,5,10-11,16-18H2,1-2H3/t22-,24-,27+,29+/m0/s1. The molecule has 0 bridgehead atoms. The Morgan fingerprint density at radius 3 is 2.08 bits per heavy atom. The van der Waals surface area contributed by atoms with Crippen molar-refractivity contribution in [2.75, 3.05) is 0 Å². The first-order chi connectivity index (χ1) is 17.7. The van der Waals surface area contributed by atoms with Crippen molar-refractivity contribution in [1.29, 1.82) is 0 Å². The van der Waals surface area contributed by atoms with Crippen LogP contribution in [0.1, 0.15) is 69.6 Å². The third kappa shape index (κ3) is 3.59. The van der Waals surface area contributed by atoms with Crippen molar-refractivity contribution in [3.8, 4) is 0 Å². The van der Waals surface area contributed by atoms with E-state index in [0.29, 0.717) is 6.42 Å². The van der Waals surface area contributed by atoms with Gasteiger partial charge in [0.1, 0.15) is 11.5 Å². The van der Waals surface area contributed by atoms with Crippen LogP contribution in [-0.2, 0) is 28.9 Å². The van der Waals surface area contributed by atoms with Crippen LogP contribution in [0.3, 0.4) is 0 Å². The minimum Gasteiger partial charge on any atom is -0.451 e. The van der Waals surface area contributed by atoms with Crippen molar-refractivity contribution in [1.82, 2.24) is 4.90 Å². The summed E-state index contributed by atoms with van der Waals surface area (Å²) in [6.45, 7) is 3.07. The van der Waals surface area contributed by atoms with E-state index < -0.39 is 49.6 Å². The fourth-order valence-electron chi connectivity index (χ4n) is 6.59. The predicted molar refractivity (Wildman–Crippen MR) is 137 cm³/mol. The lowest BCUT2D eigenvalue weighted by Crippen LogP contribution is -2.66. The summed E-state index contributed by atoms with van der Waals surface area (Å²) in [5.74, 6) is -1.01. The van der Waals surface area contributed by atoms with E-state index >= 15 is 0 Å². The molecule has 4 fully saturated rings. The van der Waals surface area contributed by atoms with Crippen molar-refractivity contribution in [3.63, 3.8) is 0 Å². The lowest BCUT2D eigenvalue weighted by Gasteiger charge is -2.44. The SMILES string of the molecule is CC1(C)[C@H](C(=O)OC(c2ccccc2)c2ccccc2)N2C(=O)[C@]3(C[C@@H]3OC3CCCCC3)[C@H]2S1(=O)=O. The van der Waals surface area contributed by atoms with Gasteiger partial charge in [0.05, 0.1) is 17.0 Å². The van der Waals surface area contributed by atoms with E-state index in [9.17, 15) is 18.0 Å². The number of carbonyl (C=O) groups is 2. The molecule has 37 heavy (non-hydrogen) atoms. The van der Waals surface area contributed by atoms with Gasteiger partial charge in [-0.15, -0.1) is 0 Å². The predicted octanol–water partition coefficient (Wildman–Crippen LogP) is 4.17. The van der Waals surface area contributed by atoms with Crippen LogP contribution in [0.15, 0.2) is 60.7 Å². The number of rotatable bonds is 6. The molecule has 8 heteroatoms. The Hall–Kier alpha value is -2.71. The minimum absolute atomic E-state index is 0.0790. The number of carbonyl (C=O) groups excluding carboxylic acids is 2. The number of β-lactam (4-membered cyclic amide) rings is 1. The fraction of sp³-hybridized carbons (Fsp3) is 0.517. The van der Waals surface area contributed by atoms with Gasteiger partial charge in [-0.1, -0.05) is 79.9 Å². The van der Waals surface area contributed by atoms with E-state index in [1.807, 2.05) is 60.7 Å². The van der Waals surface area contributed by atoms with Gasteiger partial charge in [-0.2, -0.15) is 0 Å². The Balaban J connectivity index is 1.28. The molecule has 2 aliphatic heterocycles. The molecular formula is C29H33NO6S. The number of amides is 1. The normalized spacial score (nSPS) is 31.7. The Labute approximate surface area is 218 Å². The van der Waals surface area contributed by atoms with Crippen LogP contribution < -0.4 is 0 Å². The van der Waals surface area contributed by atoms with Gasteiger partial charge in [-0.05, 0) is 44.2 Å². The summed E-state index contributed by atoms with van der Waals surface area (Å²) in [5, 5.41) is -1.04. The second kappa shape index (κ2) is 8.67. The highest BCUT2D eigenvalue weighted by molar-refractivity contribution is 7.94. The fourth-order valence-corrected chi connectivity index (χ4v) is 9.11. The number of esters is 1. The van der Waals surface area contributed by atoms with Gasteiger partial charge in [0.15, 0.2) is 21.3 Å². The average Bonchev–Trinajstić information content (AvgIpc) is 3.60. The molecular weight excluding hydrogens is 490 g/mol. The summed E-state index contributed by atoms with van der Waals surface area (Å²) >= 11 is 0. The number of ether oxygens (including phenoxy) is 2. The average molecular weight is 524 g/mol. The summed E-state index contributed by atoms with van der Waals surface area (Å²) in [6.07, 6.45) is 4.63. The number of nitrogens with zero attached hydrogens (tertiary/aromatic N) is 1. The van der Waals surface area contributed by atoms with E-state index in [0.717, 1.165) is 36.8 Å². The molecule has 2 heterocycles. The second-order valence-electron chi connectivity index (χ2n) is 11.4. The number of benzene rings is 2. The summed E-state index contributed by atoms with van der Waals surface area (Å²) in [4.78, 5) is 28.6. The van der Waals surface area contributed by atoms with Crippen LogP contribution in [0.2, 0.25) is 0 Å². The molecule has 4 aliphatic rings. The Kier molecular flexibility index (Phi) is 5.77. The number of hydrogen-bond donors (Lipinski definition) is 0. The van der Waals surface area contributed by atoms with Crippen LogP contribution in [0.5, 0.6) is 0 Å². The first-order valence-electron chi connectivity index (χ1n) is 13.2. The van der Waals surface area contributed by atoms with Crippen LogP contribution in [0.4, 0.5) is 0 Å². The number of sulfone groups is 1. The van der Waals surface area contributed by atoms with Crippen LogP contribution >= 0.6 is 0 Å². The molecule has 196 valence electrons. The molecule has 0 radical (unpaired) electrons. The number of hydrogen-bond acceptors (Lipinski definition) is 6. The smallest absolute Gasteiger partial charge is 0.331 e. The highest BCUT2D eigenvalue weighted by atomic mass is 32.2. The lowest BCUT2D eigenvalue weighted by molar-refractivity contribution is -0.173. The maximum atomic E-state index is 13.8. The summed E-state index contributed by atoms with van der Waals surface area (Å²) in [5.41, 5.74) is 0.486. The van der Waals surface area contributed by atoms with Crippen LogP contribution in [0, 0.1) is 5.41 Å². The molecule has 2 aromatic rings. The monoisotopic (exact) mass is 523 g/mol. The number of fused-ring (bicyclic) bond motifs is 2.